The summed E-state index contributed by atoms with van der Waals surface area (Å²) in [5.41, 5.74) is 2.44. The second-order valence-corrected chi connectivity index (χ2v) is 8.44. The lowest BCUT2D eigenvalue weighted by atomic mass is 10.1. The number of hydrogen-bond acceptors (Lipinski definition) is 6. The van der Waals surface area contributed by atoms with E-state index in [0.717, 1.165) is 10.2 Å². The summed E-state index contributed by atoms with van der Waals surface area (Å²) in [7, 11) is 0. The summed E-state index contributed by atoms with van der Waals surface area (Å²) < 4.78 is 4.23. The number of nitro benzene ring substituents is 1. The minimum atomic E-state index is -0.505. The van der Waals surface area contributed by atoms with E-state index in [0.29, 0.717) is 23.5 Å². The fourth-order valence-electron chi connectivity index (χ4n) is 3.27. The largest absolute Gasteiger partial charge is 0.342 e. The summed E-state index contributed by atoms with van der Waals surface area (Å²) in [6, 6.07) is 16.5. The van der Waals surface area contributed by atoms with Crippen LogP contribution in [-0.2, 0) is 17.9 Å². The van der Waals surface area contributed by atoms with Gasteiger partial charge in [-0.15, -0.1) is 5.10 Å². The van der Waals surface area contributed by atoms with E-state index in [1.807, 2.05) is 35.0 Å². The van der Waals surface area contributed by atoms with Gasteiger partial charge in [-0.3, -0.25) is 19.7 Å². The maximum absolute atomic E-state index is 12.4. The van der Waals surface area contributed by atoms with Crippen LogP contribution < -0.4 is 5.32 Å². The van der Waals surface area contributed by atoms with Crippen LogP contribution >= 0.6 is 15.9 Å². The number of hydrogen-bond donors (Lipinski definition) is 1. The van der Waals surface area contributed by atoms with Gasteiger partial charge in [-0.1, -0.05) is 21.1 Å². The highest BCUT2D eigenvalue weighted by Gasteiger charge is 2.10. The summed E-state index contributed by atoms with van der Waals surface area (Å²) in [5, 5.41) is 21.5. The van der Waals surface area contributed by atoms with E-state index < -0.39 is 4.92 Å². The number of nitrogens with zero attached hydrogens (tertiary/aromatic N) is 5. The van der Waals surface area contributed by atoms with E-state index in [9.17, 15) is 19.7 Å². The lowest BCUT2D eigenvalue weighted by Gasteiger charge is -2.05. The lowest BCUT2D eigenvalue weighted by molar-refractivity contribution is -0.384. The predicted octanol–water partition coefficient (Wildman–Crippen LogP) is 4.33. The standard InChI is InChI=1S/C24H19BrN6O4/c25-18-5-3-17(4-6-18)23(32)12-11-21-2-1-13-29(21)14-20-15-30(28-27-20)16-24(33)26-19-7-9-22(10-8-19)31(34)35/h1-13,15H,14,16H2,(H,26,33)/b12-11+. The molecule has 1 amide bonds. The average Bonchev–Trinajstić information content (AvgIpc) is 3.47. The average molecular weight is 535 g/mol. The molecule has 10 nitrogen and oxygen atoms in total. The molecule has 176 valence electrons. The number of non-ortho nitro benzene ring substituents is 1. The summed E-state index contributed by atoms with van der Waals surface area (Å²) >= 11 is 3.35. The molecular formula is C24H19BrN6O4. The molecule has 0 spiro atoms. The van der Waals surface area contributed by atoms with E-state index in [4.69, 9.17) is 0 Å². The molecule has 2 aromatic heterocycles. The van der Waals surface area contributed by atoms with E-state index in [2.05, 4.69) is 31.6 Å². The number of nitro groups is 1. The Balaban J connectivity index is 1.35. The molecule has 0 fully saturated rings. The van der Waals surface area contributed by atoms with E-state index >= 15 is 0 Å². The van der Waals surface area contributed by atoms with Gasteiger partial charge in [0.25, 0.3) is 5.69 Å². The molecule has 0 radical (unpaired) electrons. The highest BCUT2D eigenvalue weighted by molar-refractivity contribution is 9.10. The second kappa shape index (κ2) is 10.7. The highest BCUT2D eigenvalue weighted by Crippen LogP contribution is 2.16. The molecule has 2 heterocycles. The molecule has 4 aromatic rings. The van der Waals surface area contributed by atoms with Crippen molar-refractivity contribution in [1.29, 1.82) is 0 Å². The molecule has 0 aliphatic carbocycles. The number of halogens is 1. The third-order valence-corrected chi connectivity index (χ3v) is 5.51. The summed E-state index contributed by atoms with van der Waals surface area (Å²) in [6.45, 7) is 0.341. The van der Waals surface area contributed by atoms with E-state index in [-0.39, 0.29) is 23.9 Å². The maximum Gasteiger partial charge on any atom is 0.269 e. The van der Waals surface area contributed by atoms with Crippen molar-refractivity contribution < 1.29 is 14.5 Å². The Morgan fingerprint density at radius 2 is 1.83 bits per heavy atom. The molecular weight excluding hydrogens is 516 g/mol. The Labute approximate surface area is 208 Å². The molecule has 0 aliphatic rings. The first-order valence-corrected chi connectivity index (χ1v) is 11.2. The van der Waals surface area contributed by atoms with Gasteiger partial charge in [-0.25, -0.2) is 4.68 Å². The monoisotopic (exact) mass is 534 g/mol. The Hall–Kier alpha value is -4.38. The number of aromatic nitrogens is 4. The first-order chi connectivity index (χ1) is 16.9. The highest BCUT2D eigenvalue weighted by atomic mass is 79.9. The molecule has 11 heteroatoms. The minimum absolute atomic E-state index is 0.0548. The fourth-order valence-corrected chi connectivity index (χ4v) is 3.54. The first-order valence-electron chi connectivity index (χ1n) is 10.4. The number of allylic oxidation sites excluding steroid dienone is 1. The Morgan fingerprint density at radius 1 is 1.09 bits per heavy atom. The number of benzene rings is 2. The van der Waals surface area contributed by atoms with Crippen molar-refractivity contribution in [2.75, 3.05) is 5.32 Å². The molecule has 0 saturated carbocycles. The molecule has 0 bridgehead atoms. The number of anilines is 1. The van der Waals surface area contributed by atoms with Crippen LogP contribution in [0.25, 0.3) is 6.08 Å². The number of amides is 1. The van der Waals surface area contributed by atoms with Gasteiger partial charge >= 0.3 is 0 Å². The molecule has 2 aromatic carbocycles. The van der Waals surface area contributed by atoms with Crippen molar-refractivity contribution >= 4 is 45.1 Å². The zero-order valence-electron chi connectivity index (χ0n) is 18.2. The first kappa shape index (κ1) is 23.8. The quantitative estimate of drug-likeness (QED) is 0.147. The third-order valence-electron chi connectivity index (χ3n) is 4.98. The topological polar surface area (TPSA) is 125 Å². The Kier molecular flexibility index (Phi) is 7.27. The van der Waals surface area contributed by atoms with Gasteiger partial charge in [0.15, 0.2) is 5.78 Å². The van der Waals surface area contributed by atoms with Gasteiger partial charge in [0.2, 0.25) is 5.91 Å². The minimum Gasteiger partial charge on any atom is -0.342 e. The molecule has 0 aliphatic heterocycles. The van der Waals surface area contributed by atoms with Gasteiger partial charge in [0, 0.05) is 39.7 Å². The van der Waals surface area contributed by atoms with Gasteiger partial charge < -0.3 is 9.88 Å². The lowest BCUT2D eigenvalue weighted by Crippen LogP contribution is -2.19. The zero-order chi connectivity index (χ0) is 24.8. The maximum atomic E-state index is 12.4. The number of nitrogens with one attached hydrogen (secondary N) is 1. The van der Waals surface area contributed by atoms with Crippen molar-refractivity contribution in [2.45, 2.75) is 13.1 Å². The Morgan fingerprint density at radius 3 is 2.54 bits per heavy atom. The number of ketones is 1. The van der Waals surface area contributed by atoms with Crippen LogP contribution in [0.15, 0.2) is 83.6 Å². The fraction of sp³-hybridized carbons (Fsp3) is 0.0833. The van der Waals surface area contributed by atoms with Crippen LogP contribution in [0.2, 0.25) is 0 Å². The normalized spacial score (nSPS) is 11.0. The van der Waals surface area contributed by atoms with Crippen LogP contribution in [-0.4, -0.2) is 36.2 Å². The van der Waals surface area contributed by atoms with Crippen molar-refractivity contribution in [3.8, 4) is 0 Å². The third kappa shape index (κ3) is 6.36. The molecule has 1 N–H and O–H groups in total. The van der Waals surface area contributed by atoms with Gasteiger partial charge in [0.05, 0.1) is 17.7 Å². The van der Waals surface area contributed by atoms with Crippen molar-refractivity contribution in [3.63, 3.8) is 0 Å². The van der Waals surface area contributed by atoms with Gasteiger partial charge in [-0.05, 0) is 60.7 Å². The van der Waals surface area contributed by atoms with E-state index in [1.54, 1.807) is 24.4 Å². The summed E-state index contributed by atoms with van der Waals surface area (Å²) in [4.78, 5) is 34.9. The van der Waals surface area contributed by atoms with Crippen LogP contribution in [0.1, 0.15) is 21.7 Å². The van der Waals surface area contributed by atoms with Crippen LogP contribution in [0.3, 0.4) is 0 Å². The molecule has 35 heavy (non-hydrogen) atoms. The molecule has 0 atom stereocenters. The van der Waals surface area contributed by atoms with Crippen LogP contribution in [0.5, 0.6) is 0 Å². The molecule has 0 unspecified atom stereocenters. The predicted molar refractivity (Wildman–Crippen MR) is 133 cm³/mol. The number of rotatable bonds is 9. The number of carbonyl (C=O) groups is 2. The van der Waals surface area contributed by atoms with Crippen molar-refractivity contribution in [1.82, 2.24) is 19.6 Å². The SMILES string of the molecule is O=C(Cn1cc(Cn2cccc2/C=C/C(=O)c2ccc(Br)cc2)nn1)Nc1ccc([N+](=O)[O-])cc1. The van der Waals surface area contributed by atoms with E-state index in [1.165, 1.54) is 35.0 Å². The van der Waals surface area contributed by atoms with Crippen LogP contribution in [0, 0.1) is 10.1 Å². The zero-order valence-corrected chi connectivity index (χ0v) is 19.8. The smallest absolute Gasteiger partial charge is 0.269 e. The molecule has 4 rings (SSSR count). The number of carbonyl (C=O) groups excluding carboxylic acids is 2. The molecule has 0 saturated heterocycles. The van der Waals surface area contributed by atoms with Crippen molar-refractivity contribution in [3.05, 3.63) is 111 Å². The van der Waals surface area contributed by atoms with Crippen molar-refractivity contribution in [2.24, 2.45) is 0 Å². The summed E-state index contributed by atoms with van der Waals surface area (Å²) in [6.07, 6.45) is 6.79. The van der Waals surface area contributed by atoms with Gasteiger partial charge in [-0.2, -0.15) is 0 Å². The Bertz CT molecular complexity index is 1390. The summed E-state index contributed by atoms with van der Waals surface area (Å²) in [5.74, 6) is -0.443. The van der Waals surface area contributed by atoms with Crippen LogP contribution in [0.4, 0.5) is 11.4 Å². The second-order valence-electron chi connectivity index (χ2n) is 7.53. The van der Waals surface area contributed by atoms with Gasteiger partial charge in [0.1, 0.15) is 12.2 Å².